The van der Waals surface area contributed by atoms with Crippen LogP contribution in [0.25, 0.3) is 10.9 Å². The fourth-order valence-electron chi connectivity index (χ4n) is 6.50. The van der Waals surface area contributed by atoms with E-state index < -0.39 is 0 Å². The number of benzene rings is 1. The summed E-state index contributed by atoms with van der Waals surface area (Å²) in [6, 6.07) is 6.37. The number of pyridine rings is 1. The summed E-state index contributed by atoms with van der Waals surface area (Å²) < 4.78 is 13.5. The average Bonchev–Trinajstić information content (AvgIpc) is 3.65. The molecule has 10 nitrogen and oxygen atoms in total. The Morgan fingerprint density at radius 1 is 0.943 bits per heavy atom. The third-order valence-electron chi connectivity index (χ3n) is 8.25. The second kappa shape index (κ2) is 8.60. The minimum Gasteiger partial charge on any atom is -0.486 e. The number of tetrazole rings is 1. The van der Waals surface area contributed by atoms with Gasteiger partial charge in [0.25, 0.3) is 5.56 Å². The Morgan fingerprint density at radius 2 is 1.74 bits per heavy atom. The van der Waals surface area contributed by atoms with E-state index in [1.807, 2.05) is 22.9 Å². The number of ether oxygens (including phenoxy) is 2. The van der Waals surface area contributed by atoms with Crippen molar-refractivity contribution in [1.29, 1.82) is 0 Å². The molecule has 184 valence electrons. The van der Waals surface area contributed by atoms with Gasteiger partial charge in [0.05, 0.1) is 11.6 Å². The second-order valence-electron chi connectivity index (χ2n) is 10.3. The maximum absolute atomic E-state index is 13.6. The Bertz CT molecular complexity index is 1300. The number of hydrogen-bond acceptors (Lipinski definition) is 8. The summed E-state index contributed by atoms with van der Waals surface area (Å²) in [7, 11) is 0. The van der Waals surface area contributed by atoms with Crippen LogP contribution in [0, 0.1) is 0 Å². The van der Waals surface area contributed by atoms with E-state index in [1.165, 1.54) is 32.2 Å². The Morgan fingerprint density at radius 3 is 2.60 bits per heavy atom. The van der Waals surface area contributed by atoms with Crippen molar-refractivity contribution in [3.63, 3.8) is 0 Å². The summed E-state index contributed by atoms with van der Waals surface area (Å²) in [5, 5.41) is 14.0. The number of nitrogens with zero attached hydrogens (tertiary/aromatic N) is 6. The zero-order valence-electron chi connectivity index (χ0n) is 19.9. The highest BCUT2D eigenvalue weighted by atomic mass is 16.6. The maximum atomic E-state index is 13.6. The van der Waals surface area contributed by atoms with Gasteiger partial charge in [-0.2, -0.15) is 0 Å². The van der Waals surface area contributed by atoms with Gasteiger partial charge < -0.3 is 14.5 Å². The molecule has 2 saturated heterocycles. The molecule has 4 aliphatic rings. The maximum Gasteiger partial charge on any atom is 0.253 e. The van der Waals surface area contributed by atoms with Gasteiger partial charge in [0.2, 0.25) is 0 Å². The number of rotatable bonds is 4. The van der Waals surface area contributed by atoms with Gasteiger partial charge >= 0.3 is 0 Å². The molecule has 0 radical (unpaired) electrons. The van der Waals surface area contributed by atoms with Gasteiger partial charge in [-0.1, -0.05) is 12.8 Å². The van der Waals surface area contributed by atoms with Crippen LogP contribution in [0.3, 0.4) is 0 Å². The predicted octanol–water partition coefficient (Wildman–Crippen LogP) is 2.27. The molecule has 7 rings (SSSR count). The average molecular weight is 478 g/mol. The zero-order valence-corrected chi connectivity index (χ0v) is 19.9. The number of aromatic nitrogens is 5. The van der Waals surface area contributed by atoms with Crippen LogP contribution in [0.2, 0.25) is 0 Å². The first kappa shape index (κ1) is 21.3. The van der Waals surface area contributed by atoms with Gasteiger partial charge in [-0.3, -0.25) is 14.6 Å². The van der Waals surface area contributed by atoms with Gasteiger partial charge in [0.1, 0.15) is 19.3 Å². The van der Waals surface area contributed by atoms with Crippen LogP contribution in [0.1, 0.15) is 62.0 Å². The lowest BCUT2D eigenvalue weighted by molar-refractivity contribution is 0.0783. The van der Waals surface area contributed by atoms with E-state index in [0.29, 0.717) is 42.4 Å². The first-order valence-corrected chi connectivity index (χ1v) is 13.0. The van der Waals surface area contributed by atoms with Crippen molar-refractivity contribution in [2.75, 3.05) is 39.4 Å². The van der Waals surface area contributed by atoms with E-state index in [1.54, 1.807) is 0 Å². The van der Waals surface area contributed by atoms with Crippen LogP contribution in [-0.2, 0) is 0 Å². The molecule has 1 saturated carbocycles. The van der Waals surface area contributed by atoms with Crippen molar-refractivity contribution < 1.29 is 9.47 Å². The molecule has 0 spiro atoms. The molecule has 1 N–H and O–H groups in total. The van der Waals surface area contributed by atoms with Crippen LogP contribution in [-0.4, -0.2) is 80.4 Å². The van der Waals surface area contributed by atoms with E-state index in [2.05, 4.69) is 30.3 Å². The molecule has 3 fully saturated rings. The molecular weight excluding hydrogens is 446 g/mol. The number of piperazine rings is 1. The third kappa shape index (κ3) is 3.70. The SMILES string of the molecule is O=c1[nH]c2cc3c(cc2cc1[C@@H](c1nnnn1C1CCCC1)N1CCN2CCC[C@@H]2C1)OCCO3. The summed E-state index contributed by atoms with van der Waals surface area (Å²) in [4.78, 5) is 21.7. The highest BCUT2D eigenvalue weighted by Crippen LogP contribution is 2.37. The minimum absolute atomic E-state index is 0.103. The molecule has 2 aromatic heterocycles. The molecule has 3 aromatic rings. The van der Waals surface area contributed by atoms with Crippen LogP contribution in [0.5, 0.6) is 11.5 Å². The molecule has 0 unspecified atom stereocenters. The number of aromatic amines is 1. The molecule has 1 aliphatic carbocycles. The quantitative estimate of drug-likeness (QED) is 0.611. The number of nitrogens with one attached hydrogen (secondary N) is 1. The molecule has 0 amide bonds. The standard InChI is InChI=1S/C25H31N7O3/c33-25-19(12-16-13-21-22(14-20(16)26-25)35-11-10-34-21)23(31-9-8-30-7-3-6-18(30)15-31)24-27-28-29-32(24)17-4-1-2-5-17/h12-14,17-18,23H,1-11,15H2,(H,26,33)/t18-,23+/m1/s1. The lowest BCUT2D eigenvalue weighted by atomic mass is 10.0. The number of fused-ring (bicyclic) bond motifs is 3. The molecule has 3 aliphatic heterocycles. The highest BCUT2D eigenvalue weighted by molar-refractivity contribution is 5.83. The topological polar surface area (TPSA) is 101 Å². The molecule has 2 atom stereocenters. The highest BCUT2D eigenvalue weighted by Gasteiger charge is 2.38. The van der Waals surface area contributed by atoms with Crippen molar-refractivity contribution in [1.82, 2.24) is 35.0 Å². The summed E-state index contributed by atoms with van der Waals surface area (Å²) in [5.74, 6) is 2.17. The minimum atomic E-state index is -0.297. The Hall–Kier alpha value is -2.98. The summed E-state index contributed by atoms with van der Waals surface area (Å²) in [5.41, 5.74) is 1.33. The lowest BCUT2D eigenvalue weighted by Gasteiger charge is -2.41. The van der Waals surface area contributed by atoms with Crippen molar-refractivity contribution in [3.8, 4) is 11.5 Å². The number of H-pyrrole nitrogens is 1. The Kier molecular flexibility index (Phi) is 5.24. The Balaban J connectivity index is 1.35. The van der Waals surface area contributed by atoms with Crippen molar-refractivity contribution in [2.24, 2.45) is 0 Å². The molecular formula is C25H31N7O3. The molecule has 0 bridgehead atoms. The van der Waals surface area contributed by atoms with E-state index in [4.69, 9.17) is 9.47 Å². The monoisotopic (exact) mass is 477 g/mol. The smallest absolute Gasteiger partial charge is 0.253 e. The van der Waals surface area contributed by atoms with Gasteiger partial charge in [0.15, 0.2) is 17.3 Å². The van der Waals surface area contributed by atoms with Gasteiger partial charge in [-0.05, 0) is 54.8 Å². The van der Waals surface area contributed by atoms with Gasteiger partial charge in [0, 0.05) is 42.7 Å². The van der Waals surface area contributed by atoms with Crippen LogP contribution < -0.4 is 15.0 Å². The molecule has 35 heavy (non-hydrogen) atoms. The molecule has 5 heterocycles. The van der Waals surface area contributed by atoms with Gasteiger partial charge in [-0.25, -0.2) is 4.68 Å². The van der Waals surface area contributed by atoms with Gasteiger partial charge in [-0.15, -0.1) is 5.10 Å². The summed E-state index contributed by atoms with van der Waals surface area (Å²) in [6.45, 7) is 5.03. The van der Waals surface area contributed by atoms with E-state index in [0.717, 1.165) is 49.2 Å². The zero-order chi connectivity index (χ0) is 23.4. The third-order valence-corrected chi connectivity index (χ3v) is 8.25. The molecule has 1 aromatic carbocycles. The van der Waals surface area contributed by atoms with E-state index in [9.17, 15) is 4.79 Å². The number of hydrogen-bond donors (Lipinski definition) is 1. The summed E-state index contributed by atoms with van der Waals surface area (Å²) >= 11 is 0. The largest absolute Gasteiger partial charge is 0.486 e. The second-order valence-corrected chi connectivity index (χ2v) is 10.3. The Labute approximate surface area is 203 Å². The predicted molar refractivity (Wildman–Crippen MR) is 129 cm³/mol. The summed E-state index contributed by atoms with van der Waals surface area (Å²) in [6.07, 6.45) is 7.00. The van der Waals surface area contributed by atoms with Crippen molar-refractivity contribution in [3.05, 3.63) is 39.9 Å². The van der Waals surface area contributed by atoms with Crippen LogP contribution in [0.4, 0.5) is 0 Å². The van der Waals surface area contributed by atoms with Crippen LogP contribution in [0.15, 0.2) is 23.0 Å². The van der Waals surface area contributed by atoms with Crippen LogP contribution >= 0.6 is 0 Å². The first-order chi connectivity index (χ1) is 17.2. The van der Waals surface area contributed by atoms with Crippen molar-refractivity contribution >= 4 is 10.9 Å². The van der Waals surface area contributed by atoms with E-state index >= 15 is 0 Å². The molecule has 10 heteroatoms. The van der Waals surface area contributed by atoms with E-state index in [-0.39, 0.29) is 11.6 Å². The first-order valence-electron chi connectivity index (χ1n) is 13.0. The normalized spacial score (nSPS) is 24.2. The fraction of sp³-hybridized carbons (Fsp3) is 0.600. The lowest BCUT2D eigenvalue weighted by Crippen LogP contribution is -2.52. The van der Waals surface area contributed by atoms with Crippen molar-refractivity contribution in [2.45, 2.75) is 56.7 Å². The fourth-order valence-corrected chi connectivity index (χ4v) is 6.50.